The summed E-state index contributed by atoms with van der Waals surface area (Å²) in [7, 11) is 0. The molecular formula is C20H17N5O4. The van der Waals surface area contributed by atoms with Crippen molar-refractivity contribution in [3.8, 4) is 28.6 Å². The van der Waals surface area contributed by atoms with E-state index in [0.717, 1.165) is 11.1 Å². The summed E-state index contributed by atoms with van der Waals surface area (Å²) in [4.78, 5) is 35.8. The first-order chi connectivity index (χ1) is 13.8. The lowest BCUT2D eigenvalue weighted by Crippen LogP contribution is -2.15. The Hall–Kier alpha value is -4.14. The van der Waals surface area contributed by atoms with Gasteiger partial charge in [-0.25, -0.2) is 19.3 Å². The van der Waals surface area contributed by atoms with Gasteiger partial charge in [0.25, 0.3) is 5.91 Å². The number of benzene rings is 2. The first-order valence-corrected chi connectivity index (χ1v) is 8.69. The third-order valence-corrected chi connectivity index (χ3v) is 4.75. The van der Waals surface area contributed by atoms with Crippen LogP contribution < -0.4 is 11.4 Å². The number of hydrogen-bond acceptors (Lipinski definition) is 6. The highest BCUT2D eigenvalue weighted by atomic mass is 16.3. The molecule has 5 N–H and O–H groups in total. The van der Waals surface area contributed by atoms with Crippen molar-refractivity contribution in [2.75, 3.05) is 0 Å². The van der Waals surface area contributed by atoms with Gasteiger partial charge >= 0.3 is 5.69 Å². The smallest absolute Gasteiger partial charge is 0.332 e. The van der Waals surface area contributed by atoms with Crippen LogP contribution in [0.3, 0.4) is 0 Å². The van der Waals surface area contributed by atoms with Crippen LogP contribution in [0.5, 0.6) is 11.5 Å². The van der Waals surface area contributed by atoms with Crippen molar-refractivity contribution in [2.45, 2.75) is 13.8 Å². The first kappa shape index (κ1) is 18.2. The number of hydrogen-bond donors (Lipinski definition) is 4. The number of phenolic OH excluding ortho intramolecular Hbond substituents is 2. The van der Waals surface area contributed by atoms with Gasteiger partial charge < -0.3 is 20.9 Å². The summed E-state index contributed by atoms with van der Waals surface area (Å²) < 4.78 is 1.33. The second-order valence-corrected chi connectivity index (χ2v) is 6.70. The summed E-state index contributed by atoms with van der Waals surface area (Å²) in [5.41, 5.74) is 8.06. The zero-order valence-electron chi connectivity index (χ0n) is 15.6. The van der Waals surface area contributed by atoms with Crippen LogP contribution in [0.25, 0.3) is 28.2 Å². The van der Waals surface area contributed by atoms with Gasteiger partial charge in [-0.2, -0.15) is 0 Å². The molecule has 0 fully saturated rings. The van der Waals surface area contributed by atoms with Gasteiger partial charge in [-0.3, -0.25) is 4.79 Å². The van der Waals surface area contributed by atoms with Crippen LogP contribution in [0.15, 0.2) is 41.2 Å². The van der Waals surface area contributed by atoms with Gasteiger partial charge in [-0.05, 0) is 55.3 Å². The Morgan fingerprint density at radius 2 is 1.79 bits per heavy atom. The van der Waals surface area contributed by atoms with Crippen LogP contribution in [-0.4, -0.2) is 35.6 Å². The van der Waals surface area contributed by atoms with E-state index < -0.39 is 11.6 Å². The van der Waals surface area contributed by atoms with Crippen molar-refractivity contribution >= 4 is 17.1 Å². The summed E-state index contributed by atoms with van der Waals surface area (Å²) in [6.45, 7) is 3.88. The van der Waals surface area contributed by atoms with E-state index in [1.807, 2.05) is 26.0 Å². The van der Waals surface area contributed by atoms with Crippen molar-refractivity contribution in [3.05, 3.63) is 63.7 Å². The number of aromatic hydroxyl groups is 2. The Morgan fingerprint density at radius 3 is 2.45 bits per heavy atom. The van der Waals surface area contributed by atoms with Crippen LogP contribution in [0, 0.1) is 13.8 Å². The van der Waals surface area contributed by atoms with E-state index >= 15 is 0 Å². The summed E-state index contributed by atoms with van der Waals surface area (Å²) in [5, 5.41) is 19.3. The first-order valence-electron chi connectivity index (χ1n) is 8.69. The largest absolute Gasteiger partial charge is 0.504 e. The minimum Gasteiger partial charge on any atom is -0.504 e. The minimum absolute atomic E-state index is 0.0678. The molecule has 2 heterocycles. The Balaban J connectivity index is 2.05. The molecular weight excluding hydrogens is 374 g/mol. The van der Waals surface area contributed by atoms with E-state index in [1.54, 1.807) is 6.07 Å². The molecule has 0 spiro atoms. The number of phenols is 2. The van der Waals surface area contributed by atoms with Crippen molar-refractivity contribution in [1.29, 1.82) is 0 Å². The molecule has 146 valence electrons. The van der Waals surface area contributed by atoms with Crippen LogP contribution in [0.4, 0.5) is 0 Å². The van der Waals surface area contributed by atoms with Gasteiger partial charge in [0.05, 0.1) is 5.69 Å². The van der Waals surface area contributed by atoms with Crippen molar-refractivity contribution in [2.24, 2.45) is 5.73 Å². The minimum atomic E-state index is -0.838. The number of aromatic nitrogens is 4. The maximum atomic E-state index is 12.7. The zero-order chi connectivity index (χ0) is 20.9. The fourth-order valence-electron chi connectivity index (χ4n) is 3.06. The van der Waals surface area contributed by atoms with Crippen LogP contribution in [0.1, 0.15) is 21.6 Å². The van der Waals surface area contributed by atoms with E-state index in [4.69, 9.17) is 5.73 Å². The molecule has 2 aromatic carbocycles. The number of primary amides is 1. The highest BCUT2D eigenvalue weighted by Gasteiger charge is 2.20. The molecule has 9 nitrogen and oxygen atoms in total. The third kappa shape index (κ3) is 2.98. The van der Waals surface area contributed by atoms with Crippen molar-refractivity contribution < 1.29 is 15.0 Å². The van der Waals surface area contributed by atoms with Gasteiger partial charge in [0, 0.05) is 5.56 Å². The van der Waals surface area contributed by atoms with Crippen LogP contribution >= 0.6 is 0 Å². The average Bonchev–Trinajstić information content (AvgIpc) is 3.01. The number of fused-ring (bicyclic) bond motifs is 1. The number of nitrogens with zero attached hydrogens (tertiary/aromatic N) is 3. The quantitative estimate of drug-likeness (QED) is 0.392. The van der Waals surface area contributed by atoms with Crippen LogP contribution in [0.2, 0.25) is 0 Å². The molecule has 29 heavy (non-hydrogen) atoms. The molecule has 0 saturated carbocycles. The Labute approximate surface area is 164 Å². The molecule has 0 aliphatic carbocycles. The van der Waals surface area contributed by atoms with Gasteiger partial charge in [-0.1, -0.05) is 6.07 Å². The molecule has 0 aliphatic heterocycles. The standard InChI is InChI=1S/C20H17N5O4/c1-9-3-5-12(7-10(9)2)25-19-16(23-20(25)29)15(17(21)28)22-18(24-19)11-4-6-13(26)14(27)8-11/h3-8,26-27H,1-2H3,(H2,21,28)(H,23,29). The molecule has 2 aromatic heterocycles. The molecule has 1 amide bonds. The number of H-pyrrole nitrogens is 1. The highest BCUT2D eigenvalue weighted by molar-refractivity contribution is 6.02. The lowest BCUT2D eigenvalue weighted by atomic mass is 10.1. The molecule has 0 bridgehead atoms. The molecule has 4 aromatic rings. The van der Waals surface area contributed by atoms with Gasteiger partial charge in [0.2, 0.25) is 0 Å². The number of carbonyl (C=O) groups is 1. The fraction of sp³-hybridized carbons (Fsp3) is 0.100. The van der Waals surface area contributed by atoms with Gasteiger partial charge in [0.15, 0.2) is 28.7 Å². The number of imidazole rings is 1. The van der Waals surface area contributed by atoms with E-state index in [0.29, 0.717) is 11.3 Å². The lowest BCUT2D eigenvalue weighted by molar-refractivity contribution is 0.0997. The number of nitrogens with two attached hydrogens (primary N) is 1. The van der Waals surface area contributed by atoms with Crippen LogP contribution in [-0.2, 0) is 0 Å². The summed E-state index contributed by atoms with van der Waals surface area (Å²) in [6.07, 6.45) is 0. The van der Waals surface area contributed by atoms with E-state index in [2.05, 4.69) is 15.0 Å². The molecule has 0 radical (unpaired) electrons. The predicted molar refractivity (Wildman–Crippen MR) is 106 cm³/mol. The number of rotatable bonds is 3. The van der Waals surface area contributed by atoms with Gasteiger partial charge in [0.1, 0.15) is 5.52 Å². The predicted octanol–water partition coefficient (Wildman–Crippen LogP) is 1.90. The number of carbonyl (C=O) groups excluding carboxylic acids is 1. The average molecular weight is 391 g/mol. The third-order valence-electron chi connectivity index (χ3n) is 4.75. The Morgan fingerprint density at radius 1 is 1.03 bits per heavy atom. The normalized spacial score (nSPS) is 11.1. The number of aryl methyl sites for hydroxylation is 2. The summed E-state index contributed by atoms with van der Waals surface area (Å²) >= 11 is 0. The van der Waals surface area contributed by atoms with E-state index in [9.17, 15) is 19.8 Å². The monoisotopic (exact) mass is 391 g/mol. The van der Waals surface area contributed by atoms with Crippen molar-refractivity contribution in [3.63, 3.8) is 0 Å². The lowest BCUT2D eigenvalue weighted by Gasteiger charge is -2.08. The number of amides is 1. The summed E-state index contributed by atoms with van der Waals surface area (Å²) in [6, 6.07) is 9.50. The maximum absolute atomic E-state index is 12.7. The second kappa shape index (κ2) is 6.48. The molecule has 0 aliphatic rings. The number of aromatic amines is 1. The van der Waals surface area contributed by atoms with E-state index in [1.165, 1.54) is 22.8 Å². The zero-order valence-corrected chi connectivity index (χ0v) is 15.6. The topological polar surface area (TPSA) is 147 Å². The number of nitrogens with one attached hydrogen (secondary N) is 1. The maximum Gasteiger partial charge on any atom is 0.332 e. The molecule has 9 heteroatoms. The summed E-state index contributed by atoms with van der Waals surface area (Å²) in [5.74, 6) is -1.45. The molecule has 0 saturated heterocycles. The SMILES string of the molecule is Cc1ccc(-n2c(=O)[nH]c3c(C(N)=O)nc(-c4ccc(O)c(O)c4)nc32)cc1C. The Bertz CT molecular complexity index is 1350. The molecule has 4 rings (SSSR count). The van der Waals surface area contributed by atoms with E-state index in [-0.39, 0.29) is 34.2 Å². The molecule has 0 unspecified atom stereocenters. The molecule has 0 atom stereocenters. The second-order valence-electron chi connectivity index (χ2n) is 6.70. The highest BCUT2D eigenvalue weighted by Crippen LogP contribution is 2.30. The Kier molecular flexibility index (Phi) is 4.08. The fourth-order valence-corrected chi connectivity index (χ4v) is 3.06. The van der Waals surface area contributed by atoms with Gasteiger partial charge in [-0.15, -0.1) is 0 Å². The van der Waals surface area contributed by atoms with Crippen molar-refractivity contribution in [1.82, 2.24) is 19.5 Å².